The van der Waals surface area contributed by atoms with E-state index in [1.54, 1.807) is 24.5 Å². The van der Waals surface area contributed by atoms with Crippen molar-refractivity contribution < 1.29 is 9.90 Å². The molecular weight excluding hydrogens is 328 g/mol. The van der Waals surface area contributed by atoms with Gasteiger partial charge in [-0.05, 0) is 42.4 Å². The molecule has 0 spiro atoms. The van der Waals surface area contributed by atoms with E-state index in [0.29, 0.717) is 23.4 Å². The van der Waals surface area contributed by atoms with Gasteiger partial charge in [-0.1, -0.05) is 12.1 Å². The second kappa shape index (κ2) is 7.03. The lowest BCUT2D eigenvalue weighted by atomic mass is 9.97. The molecule has 26 heavy (non-hydrogen) atoms. The number of fused-ring (bicyclic) bond motifs is 1. The Morgan fingerprint density at radius 1 is 1.31 bits per heavy atom. The van der Waals surface area contributed by atoms with Crippen LogP contribution < -0.4 is 4.90 Å². The van der Waals surface area contributed by atoms with Crippen LogP contribution in [0.1, 0.15) is 28.8 Å². The molecule has 136 valence electrons. The SMILES string of the molecule is CN(c1cnccn1)[C@@H]1CC[C@@H]2CN(Cc3cccc(C(=O)O)c3)C[C@@H]21. The fraction of sp³-hybridized carbons (Fsp3) is 0.450. The van der Waals surface area contributed by atoms with E-state index in [0.717, 1.165) is 31.0 Å². The fourth-order valence-corrected chi connectivity index (χ4v) is 4.64. The number of benzene rings is 1. The van der Waals surface area contributed by atoms with Gasteiger partial charge in [-0.25, -0.2) is 9.78 Å². The molecular formula is C20H24N4O2. The molecule has 2 heterocycles. The lowest BCUT2D eigenvalue weighted by Gasteiger charge is -2.30. The Bertz CT molecular complexity index is 782. The Morgan fingerprint density at radius 2 is 2.19 bits per heavy atom. The third-order valence-corrected chi connectivity index (χ3v) is 5.88. The highest BCUT2D eigenvalue weighted by molar-refractivity contribution is 5.87. The number of carboxylic acid groups (broad SMARTS) is 1. The highest BCUT2D eigenvalue weighted by atomic mass is 16.4. The Labute approximate surface area is 153 Å². The van der Waals surface area contributed by atoms with Gasteiger partial charge in [-0.15, -0.1) is 0 Å². The zero-order valence-electron chi connectivity index (χ0n) is 15.0. The molecule has 2 aliphatic rings. The monoisotopic (exact) mass is 352 g/mol. The van der Waals surface area contributed by atoms with E-state index in [1.165, 1.54) is 12.8 Å². The summed E-state index contributed by atoms with van der Waals surface area (Å²) in [5.74, 6) is 1.41. The topological polar surface area (TPSA) is 69.6 Å². The summed E-state index contributed by atoms with van der Waals surface area (Å²) >= 11 is 0. The van der Waals surface area contributed by atoms with Crippen LogP contribution in [0.15, 0.2) is 42.9 Å². The fourth-order valence-electron chi connectivity index (χ4n) is 4.64. The molecule has 0 unspecified atom stereocenters. The molecule has 1 aliphatic heterocycles. The maximum absolute atomic E-state index is 11.2. The van der Waals surface area contributed by atoms with Crippen LogP contribution in [0, 0.1) is 11.8 Å². The van der Waals surface area contributed by atoms with Gasteiger partial charge in [-0.2, -0.15) is 0 Å². The smallest absolute Gasteiger partial charge is 0.335 e. The van der Waals surface area contributed by atoms with Crippen molar-refractivity contribution in [1.82, 2.24) is 14.9 Å². The predicted molar refractivity (Wildman–Crippen MR) is 99.1 cm³/mol. The average molecular weight is 352 g/mol. The van der Waals surface area contributed by atoms with Gasteiger partial charge in [-0.3, -0.25) is 9.88 Å². The first-order chi connectivity index (χ1) is 12.6. The third kappa shape index (κ3) is 3.29. The molecule has 6 nitrogen and oxygen atoms in total. The standard InChI is InChI=1S/C20H24N4O2/c1-23(19-10-21-7-8-22-19)18-6-5-16-12-24(13-17(16)18)11-14-3-2-4-15(9-14)20(25)26/h2-4,7-10,16-18H,5-6,11-13H2,1H3,(H,25,26)/t16-,17+,18-/m1/s1. The van der Waals surface area contributed by atoms with Crippen molar-refractivity contribution in [3.8, 4) is 0 Å². The average Bonchev–Trinajstić information content (AvgIpc) is 3.22. The number of anilines is 1. The highest BCUT2D eigenvalue weighted by Gasteiger charge is 2.44. The molecule has 1 N–H and O–H groups in total. The highest BCUT2D eigenvalue weighted by Crippen LogP contribution is 2.41. The summed E-state index contributed by atoms with van der Waals surface area (Å²) in [4.78, 5) is 24.6. The largest absolute Gasteiger partial charge is 0.478 e. The van der Waals surface area contributed by atoms with Gasteiger partial charge in [0.15, 0.2) is 0 Å². The van der Waals surface area contributed by atoms with Crippen molar-refractivity contribution >= 4 is 11.8 Å². The van der Waals surface area contributed by atoms with Crippen LogP contribution in [0.3, 0.4) is 0 Å². The number of rotatable bonds is 5. The zero-order chi connectivity index (χ0) is 18.1. The molecule has 2 aromatic rings. The van der Waals surface area contributed by atoms with E-state index in [-0.39, 0.29) is 0 Å². The molecule has 2 fully saturated rings. The minimum atomic E-state index is -0.865. The molecule has 1 aromatic heterocycles. The summed E-state index contributed by atoms with van der Waals surface area (Å²) in [6, 6.07) is 7.78. The normalized spacial score (nSPS) is 25.2. The van der Waals surface area contributed by atoms with Crippen LogP contribution in [0.2, 0.25) is 0 Å². The Morgan fingerprint density at radius 3 is 2.96 bits per heavy atom. The van der Waals surface area contributed by atoms with E-state index >= 15 is 0 Å². The van der Waals surface area contributed by atoms with E-state index < -0.39 is 5.97 Å². The summed E-state index contributed by atoms with van der Waals surface area (Å²) in [6.45, 7) is 2.96. The Balaban J connectivity index is 1.43. The van der Waals surface area contributed by atoms with Crippen molar-refractivity contribution in [3.05, 3.63) is 54.0 Å². The number of carboxylic acids is 1. The van der Waals surface area contributed by atoms with Crippen LogP contribution in [-0.2, 0) is 6.54 Å². The van der Waals surface area contributed by atoms with Gasteiger partial charge in [0.05, 0.1) is 11.8 Å². The minimum absolute atomic E-state index is 0.363. The number of aromatic carboxylic acids is 1. The van der Waals surface area contributed by atoms with Crippen LogP contribution in [-0.4, -0.2) is 52.1 Å². The van der Waals surface area contributed by atoms with E-state index in [4.69, 9.17) is 0 Å². The summed E-state index contributed by atoms with van der Waals surface area (Å²) in [7, 11) is 2.12. The molecule has 0 radical (unpaired) electrons. The van der Waals surface area contributed by atoms with Crippen LogP contribution in [0.25, 0.3) is 0 Å². The predicted octanol–water partition coefficient (Wildman–Crippen LogP) is 2.52. The molecule has 1 saturated heterocycles. The van der Waals surface area contributed by atoms with Crippen molar-refractivity contribution in [2.24, 2.45) is 11.8 Å². The lowest BCUT2D eigenvalue weighted by Crippen LogP contribution is -2.38. The van der Waals surface area contributed by atoms with Gasteiger partial charge >= 0.3 is 5.97 Å². The van der Waals surface area contributed by atoms with Crippen LogP contribution in [0.5, 0.6) is 0 Å². The molecule has 1 aliphatic carbocycles. The first-order valence-electron chi connectivity index (χ1n) is 9.15. The second-order valence-electron chi connectivity index (χ2n) is 7.44. The third-order valence-electron chi connectivity index (χ3n) is 5.88. The van der Waals surface area contributed by atoms with Gasteiger partial charge < -0.3 is 10.0 Å². The first-order valence-corrected chi connectivity index (χ1v) is 9.15. The quantitative estimate of drug-likeness (QED) is 0.892. The Kier molecular flexibility index (Phi) is 4.59. The van der Waals surface area contributed by atoms with Crippen molar-refractivity contribution in [2.45, 2.75) is 25.4 Å². The number of hydrogen-bond acceptors (Lipinski definition) is 5. The molecule has 0 bridgehead atoms. The van der Waals surface area contributed by atoms with E-state index in [1.807, 2.05) is 18.3 Å². The van der Waals surface area contributed by atoms with Gasteiger partial charge in [0.25, 0.3) is 0 Å². The van der Waals surface area contributed by atoms with Gasteiger partial charge in [0.2, 0.25) is 0 Å². The van der Waals surface area contributed by atoms with E-state index in [9.17, 15) is 9.90 Å². The minimum Gasteiger partial charge on any atom is -0.478 e. The number of carbonyl (C=O) groups is 1. The molecule has 6 heteroatoms. The molecule has 0 amide bonds. The van der Waals surface area contributed by atoms with Crippen LogP contribution in [0.4, 0.5) is 5.82 Å². The first kappa shape index (κ1) is 17.0. The molecule has 4 rings (SSSR count). The maximum Gasteiger partial charge on any atom is 0.335 e. The summed E-state index contributed by atoms with van der Waals surface area (Å²) in [5, 5.41) is 9.18. The number of aromatic nitrogens is 2. The zero-order valence-corrected chi connectivity index (χ0v) is 15.0. The van der Waals surface area contributed by atoms with E-state index in [2.05, 4.69) is 26.8 Å². The second-order valence-corrected chi connectivity index (χ2v) is 7.44. The van der Waals surface area contributed by atoms with Gasteiger partial charge in [0, 0.05) is 45.1 Å². The number of likely N-dealkylation sites (tertiary alicyclic amines) is 1. The Hall–Kier alpha value is -2.47. The molecule has 1 aromatic carbocycles. The molecule has 1 saturated carbocycles. The summed E-state index contributed by atoms with van der Waals surface area (Å²) in [6.07, 6.45) is 7.72. The summed E-state index contributed by atoms with van der Waals surface area (Å²) < 4.78 is 0. The lowest BCUT2D eigenvalue weighted by molar-refractivity contribution is 0.0696. The maximum atomic E-state index is 11.2. The van der Waals surface area contributed by atoms with Crippen LogP contribution >= 0.6 is 0 Å². The van der Waals surface area contributed by atoms with Crippen molar-refractivity contribution in [3.63, 3.8) is 0 Å². The number of hydrogen-bond donors (Lipinski definition) is 1. The summed E-state index contributed by atoms with van der Waals surface area (Å²) in [5.41, 5.74) is 1.44. The van der Waals surface area contributed by atoms with Crippen molar-refractivity contribution in [1.29, 1.82) is 0 Å². The molecule has 3 atom stereocenters. The van der Waals surface area contributed by atoms with Crippen molar-refractivity contribution in [2.75, 3.05) is 25.0 Å². The van der Waals surface area contributed by atoms with Gasteiger partial charge in [0.1, 0.15) is 5.82 Å². The number of nitrogens with zero attached hydrogens (tertiary/aromatic N) is 4.